The number of carbonyl (C=O) groups excluding carboxylic acids is 2. The minimum Gasteiger partial charge on any atom is -0.377 e. The molecule has 29 heavy (non-hydrogen) atoms. The Balaban J connectivity index is 1.98. The van der Waals surface area contributed by atoms with Crippen molar-refractivity contribution in [1.82, 2.24) is 4.90 Å². The van der Waals surface area contributed by atoms with Crippen LogP contribution in [0.15, 0.2) is 48.2 Å². The van der Waals surface area contributed by atoms with Crippen LogP contribution in [0, 0.1) is 19.7 Å². The Morgan fingerprint density at radius 3 is 2.34 bits per heavy atom. The van der Waals surface area contributed by atoms with E-state index in [1.165, 1.54) is 29.2 Å². The highest BCUT2D eigenvalue weighted by Gasteiger charge is 2.39. The quantitative estimate of drug-likeness (QED) is 0.717. The molecule has 0 radical (unpaired) electrons. The molecule has 0 saturated heterocycles. The van der Waals surface area contributed by atoms with E-state index in [2.05, 4.69) is 5.32 Å². The van der Waals surface area contributed by atoms with Crippen molar-refractivity contribution >= 4 is 23.1 Å². The van der Waals surface area contributed by atoms with Gasteiger partial charge in [0.1, 0.15) is 11.5 Å². The first kappa shape index (κ1) is 20.7. The van der Waals surface area contributed by atoms with Crippen molar-refractivity contribution in [1.29, 1.82) is 0 Å². The molecule has 152 valence electrons. The number of amides is 2. The Morgan fingerprint density at radius 1 is 1.03 bits per heavy atom. The normalized spacial score (nSPS) is 14.3. The Labute approximate surface area is 170 Å². The van der Waals surface area contributed by atoms with Gasteiger partial charge in [-0.05, 0) is 57.0 Å². The van der Waals surface area contributed by atoms with Gasteiger partial charge in [-0.1, -0.05) is 29.8 Å². The lowest BCUT2D eigenvalue weighted by Gasteiger charge is -2.16. The Kier molecular flexibility index (Phi) is 6.13. The molecule has 1 N–H and O–H groups in total. The number of aryl methyl sites for hydroxylation is 2. The largest absolute Gasteiger partial charge is 0.377 e. The van der Waals surface area contributed by atoms with Gasteiger partial charge in [0.15, 0.2) is 0 Å². The van der Waals surface area contributed by atoms with Crippen LogP contribution < -0.4 is 5.32 Å². The number of halogens is 1. The summed E-state index contributed by atoms with van der Waals surface area (Å²) in [5.74, 6) is -1.24. The standard InChI is InChI=1S/C23H25FN2O3/c1-14(2)29-12-11-26-22(27)20(17-6-8-18(24)9-7-17)21(23(26)28)25-19-10-5-15(3)13-16(19)4/h5-10,13-14,25H,11-12H2,1-4H3. The van der Waals surface area contributed by atoms with Gasteiger partial charge in [0.2, 0.25) is 0 Å². The summed E-state index contributed by atoms with van der Waals surface area (Å²) in [6.07, 6.45) is 0.000128. The van der Waals surface area contributed by atoms with Crippen LogP contribution in [0.5, 0.6) is 0 Å². The highest BCUT2D eigenvalue weighted by molar-refractivity contribution is 6.36. The molecule has 0 atom stereocenters. The third kappa shape index (κ3) is 4.54. The molecular weight excluding hydrogens is 371 g/mol. The van der Waals surface area contributed by atoms with E-state index in [0.717, 1.165) is 16.8 Å². The maximum Gasteiger partial charge on any atom is 0.278 e. The summed E-state index contributed by atoms with van der Waals surface area (Å²) < 4.78 is 18.9. The van der Waals surface area contributed by atoms with Crippen LogP contribution in [0.25, 0.3) is 5.57 Å². The van der Waals surface area contributed by atoms with Gasteiger partial charge in [-0.2, -0.15) is 0 Å². The summed E-state index contributed by atoms with van der Waals surface area (Å²) in [5.41, 5.74) is 3.72. The topological polar surface area (TPSA) is 58.6 Å². The summed E-state index contributed by atoms with van der Waals surface area (Å²) in [7, 11) is 0. The van der Waals surface area contributed by atoms with Gasteiger partial charge in [-0.25, -0.2) is 4.39 Å². The van der Waals surface area contributed by atoms with Gasteiger partial charge >= 0.3 is 0 Å². The molecule has 2 amide bonds. The van der Waals surface area contributed by atoms with Crippen molar-refractivity contribution in [2.24, 2.45) is 0 Å². The number of nitrogens with zero attached hydrogens (tertiary/aromatic N) is 1. The number of hydrogen-bond acceptors (Lipinski definition) is 4. The molecule has 0 spiro atoms. The van der Waals surface area contributed by atoms with E-state index in [-0.39, 0.29) is 30.5 Å². The van der Waals surface area contributed by atoms with Crippen molar-refractivity contribution in [3.63, 3.8) is 0 Å². The second-order valence-electron chi connectivity index (χ2n) is 7.38. The summed E-state index contributed by atoms with van der Waals surface area (Å²) >= 11 is 0. The zero-order valence-corrected chi connectivity index (χ0v) is 17.1. The van der Waals surface area contributed by atoms with Crippen LogP contribution >= 0.6 is 0 Å². The maximum absolute atomic E-state index is 13.4. The zero-order chi connectivity index (χ0) is 21.1. The third-order valence-electron chi connectivity index (χ3n) is 4.71. The molecule has 0 aromatic heterocycles. The van der Waals surface area contributed by atoms with E-state index in [1.807, 2.05) is 45.9 Å². The number of ether oxygens (including phenoxy) is 1. The molecule has 1 aliphatic heterocycles. The smallest absolute Gasteiger partial charge is 0.278 e. The average Bonchev–Trinajstić information content (AvgIpc) is 2.89. The molecule has 0 saturated carbocycles. The monoisotopic (exact) mass is 396 g/mol. The summed E-state index contributed by atoms with van der Waals surface area (Å²) in [6.45, 7) is 8.11. The van der Waals surface area contributed by atoms with E-state index >= 15 is 0 Å². The van der Waals surface area contributed by atoms with Gasteiger partial charge in [0.05, 0.1) is 24.8 Å². The number of imide groups is 1. The minimum absolute atomic E-state index is 0.000128. The molecular formula is C23H25FN2O3. The van der Waals surface area contributed by atoms with Gasteiger partial charge < -0.3 is 10.1 Å². The van der Waals surface area contributed by atoms with Gasteiger partial charge in [0.25, 0.3) is 11.8 Å². The van der Waals surface area contributed by atoms with Crippen molar-refractivity contribution in [2.45, 2.75) is 33.8 Å². The lowest BCUT2D eigenvalue weighted by Crippen LogP contribution is -2.35. The van der Waals surface area contributed by atoms with E-state index in [9.17, 15) is 14.0 Å². The van der Waals surface area contributed by atoms with Crippen molar-refractivity contribution in [3.8, 4) is 0 Å². The Bertz CT molecular complexity index is 965. The third-order valence-corrected chi connectivity index (χ3v) is 4.71. The van der Waals surface area contributed by atoms with Crippen LogP contribution in [0.2, 0.25) is 0 Å². The molecule has 0 unspecified atom stereocenters. The fraction of sp³-hybridized carbons (Fsp3) is 0.304. The molecule has 3 rings (SSSR count). The molecule has 1 heterocycles. The highest BCUT2D eigenvalue weighted by Crippen LogP contribution is 2.31. The number of benzene rings is 2. The van der Waals surface area contributed by atoms with Crippen LogP contribution in [0.3, 0.4) is 0 Å². The first-order valence-corrected chi connectivity index (χ1v) is 9.60. The lowest BCUT2D eigenvalue weighted by molar-refractivity contribution is -0.137. The van der Waals surface area contributed by atoms with E-state index in [0.29, 0.717) is 5.56 Å². The summed E-state index contributed by atoms with van der Waals surface area (Å²) in [5, 5.41) is 3.14. The van der Waals surface area contributed by atoms with Crippen molar-refractivity contribution in [2.75, 3.05) is 18.5 Å². The first-order valence-electron chi connectivity index (χ1n) is 9.60. The average molecular weight is 396 g/mol. The predicted molar refractivity (Wildman–Crippen MR) is 111 cm³/mol. The molecule has 0 fully saturated rings. The Hall–Kier alpha value is -2.99. The Morgan fingerprint density at radius 2 is 1.72 bits per heavy atom. The molecule has 2 aromatic rings. The molecule has 1 aliphatic rings. The van der Waals surface area contributed by atoms with Crippen LogP contribution in [0.1, 0.15) is 30.5 Å². The van der Waals surface area contributed by atoms with Crippen molar-refractivity contribution < 1.29 is 18.7 Å². The summed E-state index contributed by atoms with van der Waals surface area (Å²) in [6, 6.07) is 11.4. The van der Waals surface area contributed by atoms with Crippen LogP contribution in [-0.4, -0.2) is 36.0 Å². The van der Waals surface area contributed by atoms with E-state index in [1.54, 1.807) is 0 Å². The zero-order valence-electron chi connectivity index (χ0n) is 17.1. The summed E-state index contributed by atoms with van der Waals surface area (Å²) in [4.78, 5) is 27.3. The second kappa shape index (κ2) is 8.57. The second-order valence-corrected chi connectivity index (χ2v) is 7.38. The fourth-order valence-electron chi connectivity index (χ4n) is 3.25. The predicted octanol–water partition coefficient (Wildman–Crippen LogP) is 4.06. The number of nitrogens with one attached hydrogen (secondary N) is 1. The lowest BCUT2D eigenvalue weighted by atomic mass is 10.0. The molecule has 5 nitrogen and oxygen atoms in total. The number of hydrogen-bond donors (Lipinski definition) is 1. The SMILES string of the molecule is Cc1ccc(NC2=C(c3ccc(F)cc3)C(=O)N(CCOC(C)C)C2=O)c(C)c1. The van der Waals surface area contributed by atoms with E-state index in [4.69, 9.17) is 4.74 Å². The van der Waals surface area contributed by atoms with Crippen molar-refractivity contribution in [3.05, 3.63) is 70.7 Å². The fourth-order valence-corrected chi connectivity index (χ4v) is 3.25. The van der Waals surface area contributed by atoms with Crippen LogP contribution in [-0.2, 0) is 14.3 Å². The maximum atomic E-state index is 13.4. The van der Waals surface area contributed by atoms with Crippen LogP contribution in [0.4, 0.5) is 10.1 Å². The first-order chi connectivity index (χ1) is 13.8. The molecule has 0 bridgehead atoms. The van der Waals surface area contributed by atoms with Gasteiger partial charge in [-0.15, -0.1) is 0 Å². The molecule has 2 aromatic carbocycles. The van der Waals surface area contributed by atoms with Gasteiger partial charge in [-0.3, -0.25) is 14.5 Å². The highest BCUT2D eigenvalue weighted by atomic mass is 19.1. The van der Waals surface area contributed by atoms with Gasteiger partial charge in [0, 0.05) is 5.69 Å². The molecule has 0 aliphatic carbocycles. The van der Waals surface area contributed by atoms with E-state index < -0.39 is 17.6 Å². The molecule has 6 heteroatoms. The number of anilines is 1. The number of carbonyl (C=O) groups is 2. The number of rotatable bonds is 7. The minimum atomic E-state index is -0.416.